The van der Waals surface area contributed by atoms with Crippen molar-refractivity contribution in [3.05, 3.63) is 52.3 Å². The van der Waals surface area contributed by atoms with E-state index < -0.39 is 0 Å². The Labute approximate surface area is 169 Å². The average Bonchev–Trinajstić information content (AvgIpc) is 3.05. The monoisotopic (exact) mass is 481 g/mol. The molecular weight excluding hydrogens is 460 g/mol. The summed E-state index contributed by atoms with van der Waals surface area (Å²) in [5, 5.41) is 12.1. The van der Waals surface area contributed by atoms with Crippen LogP contribution in [0.3, 0.4) is 0 Å². The lowest BCUT2D eigenvalue weighted by atomic mass is 10.1. The van der Waals surface area contributed by atoms with Gasteiger partial charge in [0, 0.05) is 49.1 Å². The van der Waals surface area contributed by atoms with E-state index in [9.17, 15) is 0 Å². The highest BCUT2D eigenvalue weighted by Crippen LogP contribution is 2.24. The number of aryl methyl sites for hydroxylation is 1. The van der Waals surface area contributed by atoms with Crippen molar-refractivity contribution in [3.8, 4) is 0 Å². The molecule has 132 valence electrons. The van der Waals surface area contributed by atoms with Gasteiger partial charge < -0.3 is 10.6 Å². The number of aromatic nitrogens is 2. The van der Waals surface area contributed by atoms with E-state index >= 15 is 0 Å². The van der Waals surface area contributed by atoms with Gasteiger partial charge >= 0.3 is 0 Å². The fourth-order valence-electron chi connectivity index (χ4n) is 2.18. The van der Waals surface area contributed by atoms with Crippen LogP contribution in [0, 0.1) is 0 Å². The minimum Gasteiger partial charge on any atom is -0.356 e. The molecule has 1 aromatic carbocycles. The van der Waals surface area contributed by atoms with Gasteiger partial charge in [-0.15, -0.1) is 24.0 Å². The van der Waals surface area contributed by atoms with E-state index in [1.807, 2.05) is 35.1 Å². The van der Waals surface area contributed by atoms with Crippen LogP contribution in [-0.4, -0.2) is 35.9 Å². The summed E-state index contributed by atoms with van der Waals surface area (Å²) in [6, 6.07) is 7.48. The van der Waals surface area contributed by atoms with Gasteiger partial charge in [-0.1, -0.05) is 29.3 Å². The molecule has 0 spiro atoms. The molecule has 0 aliphatic heterocycles. The maximum absolute atomic E-state index is 6.16. The second kappa shape index (κ2) is 11.5. The summed E-state index contributed by atoms with van der Waals surface area (Å²) in [5.74, 6) is 0.772. The van der Waals surface area contributed by atoms with Gasteiger partial charge in [0.2, 0.25) is 0 Å². The summed E-state index contributed by atoms with van der Waals surface area (Å²) in [4.78, 5) is 4.20. The number of nitrogens with zero attached hydrogens (tertiary/aromatic N) is 3. The molecule has 0 amide bonds. The summed E-state index contributed by atoms with van der Waals surface area (Å²) in [5.41, 5.74) is 0.956. The highest BCUT2D eigenvalue weighted by molar-refractivity contribution is 14.0. The number of hydrogen-bond donors (Lipinski definition) is 2. The van der Waals surface area contributed by atoms with Crippen molar-refractivity contribution in [1.29, 1.82) is 0 Å². The van der Waals surface area contributed by atoms with Crippen molar-refractivity contribution >= 4 is 53.1 Å². The maximum Gasteiger partial charge on any atom is 0.190 e. The van der Waals surface area contributed by atoms with Crippen LogP contribution in [0.4, 0.5) is 0 Å². The molecule has 0 saturated heterocycles. The summed E-state index contributed by atoms with van der Waals surface area (Å²) in [7, 11) is 1.76. The molecule has 0 atom stereocenters. The molecule has 24 heavy (non-hydrogen) atoms. The highest BCUT2D eigenvalue weighted by atomic mass is 127. The SMILES string of the molecule is CN=C(NCCCn1cccn1)NCCc1c(Cl)cccc1Cl.I. The molecular formula is C16H22Cl2IN5. The van der Waals surface area contributed by atoms with Crippen molar-refractivity contribution in [3.63, 3.8) is 0 Å². The van der Waals surface area contributed by atoms with Gasteiger partial charge in [-0.2, -0.15) is 5.10 Å². The summed E-state index contributed by atoms with van der Waals surface area (Å²) < 4.78 is 1.91. The molecule has 0 radical (unpaired) electrons. The lowest BCUT2D eigenvalue weighted by Gasteiger charge is -2.13. The molecule has 2 rings (SSSR count). The Morgan fingerprint density at radius 3 is 2.50 bits per heavy atom. The summed E-state index contributed by atoms with van der Waals surface area (Å²) >= 11 is 12.3. The van der Waals surface area contributed by atoms with Gasteiger partial charge in [-0.25, -0.2) is 0 Å². The molecule has 1 heterocycles. The van der Waals surface area contributed by atoms with E-state index in [2.05, 4.69) is 20.7 Å². The van der Waals surface area contributed by atoms with E-state index in [0.29, 0.717) is 16.6 Å². The number of benzene rings is 1. The second-order valence-corrected chi connectivity index (χ2v) is 5.81. The molecule has 5 nitrogen and oxygen atoms in total. The quantitative estimate of drug-likeness (QED) is 0.275. The predicted molar refractivity (Wildman–Crippen MR) is 112 cm³/mol. The summed E-state index contributed by atoms with van der Waals surface area (Å²) in [6.07, 6.45) is 5.46. The van der Waals surface area contributed by atoms with Crippen LogP contribution >= 0.6 is 47.2 Å². The topological polar surface area (TPSA) is 54.2 Å². The van der Waals surface area contributed by atoms with Gasteiger partial charge in [-0.3, -0.25) is 9.67 Å². The van der Waals surface area contributed by atoms with Gasteiger partial charge in [-0.05, 0) is 36.6 Å². The van der Waals surface area contributed by atoms with Crippen LogP contribution in [0.25, 0.3) is 0 Å². The number of hydrogen-bond acceptors (Lipinski definition) is 2. The highest BCUT2D eigenvalue weighted by Gasteiger charge is 2.05. The van der Waals surface area contributed by atoms with Crippen molar-refractivity contribution in [2.45, 2.75) is 19.4 Å². The molecule has 1 aromatic heterocycles. The first-order valence-corrected chi connectivity index (χ1v) is 8.31. The third-order valence-electron chi connectivity index (χ3n) is 3.37. The van der Waals surface area contributed by atoms with E-state index in [4.69, 9.17) is 23.2 Å². The van der Waals surface area contributed by atoms with Crippen LogP contribution in [0.5, 0.6) is 0 Å². The number of guanidine groups is 1. The van der Waals surface area contributed by atoms with Gasteiger partial charge in [0.25, 0.3) is 0 Å². The first-order chi connectivity index (χ1) is 11.2. The first kappa shape index (κ1) is 21.1. The maximum atomic E-state index is 6.16. The fourth-order valence-corrected chi connectivity index (χ4v) is 2.76. The van der Waals surface area contributed by atoms with E-state index in [1.54, 1.807) is 13.2 Å². The van der Waals surface area contributed by atoms with Crippen molar-refractivity contribution < 1.29 is 0 Å². The van der Waals surface area contributed by atoms with Crippen LogP contribution in [-0.2, 0) is 13.0 Å². The molecule has 0 aliphatic rings. The van der Waals surface area contributed by atoms with Crippen molar-refractivity contribution in [2.24, 2.45) is 4.99 Å². The van der Waals surface area contributed by atoms with Crippen molar-refractivity contribution in [2.75, 3.05) is 20.1 Å². The predicted octanol–water partition coefficient (Wildman–Crippen LogP) is 3.61. The van der Waals surface area contributed by atoms with E-state index in [-0.39, 0.29) is 24.0 Å². The molecule has 0 fully saturated rings. The molecule has 0 aliphatic carbocycles. The molecule has 0 saturated carbocycles. The zero-order valence-electron chi connectivity index (χ0n) is 13.5. The molecule has 2 N–H and O–H groups in total. The lowest BCUT2D eigenvalue weighted by Crippen LogP contribution is -2.39. The minimum atomic E-state index is 0. The lowest BCUT2D eigenvalue weighted by molar-refractivity contribution is 0.570. The first-order valence-electron chi connectivity index (χ1n) is 7.55. The average molecular weight is 482 g/mol. The summed E-state index contributed by atoms with van der Waals surface area (Å²) in [6.45, 7) is 2.42. The van der Waals surface area contributed by atoms with Crippen LogP contribution < -0.4 is 10.6 Å². The van der Waals surface area contributed by atoms with Gasteiger partial charge in [0.15, 0.2) is 5.96 Å². The number of rotatable bonds is 7. The number of nitrogens with one attached hydrogen (secondary N) is 2. The van der Waals surface area contributed by atoms with Crippen LogP contribution in [0.2, 0.25) is 10.0 Å². The van der Waals surface area contributed by atoms with E-state index in [0.717, 1.165) is 37.5 Å². The molecule has 0 unspecified atom stereocenters. The zero-order valence-corrected chi connectivity index (χ0v) is 17.3. The fraction of sp³-hybridized carbons (Fsp3) is 0.375. The van der Waals surface area contributed by atoms with Crippen molar-refractivity contribution in [1.82, 2.24) is 20.4 Å². The molecule has 2 aromatic rings. The molecule has 8 heteroatoms. The normalized spacial score (nSPS) is 11.0. The number of halogens is 3. The Morgan fingerprint density at radius 2 is 1.88 bits per heavy atom. The van der Waals surface area contributed by atoms with Crippen LogP contribution in [0.15, 0.2) is 41.7 Å². The Hall–Kier alpha value is -0.990. The Kier molecular flexibility index (Phi) is 10.1. The smallest absolute Gasteiger partial charge is 0.190 e. The molecule has 0 bridgehead atoms. The van der Waals surface area contributed by atoms with Gasteiger partial charge in [0.05, 0.1) is 0 Å². The second-order valence-electron chi connectivity index (χ2n) is 5.00. The minimum absolute atomic E-state index is 0. The largest absolute Gasteiger partial charge is 0.356 e. The standard InChI is InChI=1S/C16H21Cl2N5.HI/c1-19-16(20-8-3-11-23-12-4-9-22-23)21-10-7-13-14(17)5-2-6-15(13)18;/h2,4-6,9,12H,3,7-8,10-11H2,1H3,(H2,19,20,21);1H. The van der Waals surface area contributed by atoms with Gasteiger partial charge in [0.1, 0.15) is 0 Å². The van der Waals surface area contributed by atoms with E-state index in [1.165, 1.54) is 0 Å². The third kappa shape index (κ3) is 6.86. The van der Waals surface area contributed by atoms with Crippen LogP contribution in [0.1, 0.15) is 12.0 Å². The number of aliphatic imine (C=N–C) groups is 1. The Balaban J connectivity index is 0.00000288. The zero-order chi connectivity index (χ0) is 16.5. The Morgan fingerprint density at radius 1 is 1.17 bits per heavy atom. The third-order valence-corrected chi connectivity index (χ3v) is 4.08. The Bertz CT molecular complexity index is 611.